The SMILES string of the molecule is CN1C(=O)CC(NC(=O)Cn2cc(C(=O)O)nn2)C1c1ccc(Cl)cc1. The minimum absolute atomic E-state index is 0.0795. The van der Waals surface area contributed by atoms with E-state index in [-0.39, 0.29) is 36.5 Å². The van der Waals surface area contributed by atoms with Crippen LogP contribution in [0.3, 0.4) is 0 Å². The van der Waals surface area contributed by atoms with Gasteiger partial charge in [-0.25, -0.2) is 9.48 Å². The molecule has 10 heteroatoms. The first kappa shape index (κ1) is 17.9. The number of carboxylic acid groups (broad SMARTS) is 1. The van der Waals surface area contributed by atoms with Crippen LogP contribution in [0.2, 0.25) is 5.02 Å². The van der Waals surface area contributed by atoms with Crippen LogP contribution < -0.4 is 5.32 Å². The monoisotopic (exact) mass is 377 g/mol. The van der Waals surface area contributed by atoms with Crippen LogP contribution in [0.4, 0.5) is 0 Å². The number of nitrogens with zero attached hydrogens (tertiary/aromatic N) is 4. The van der Waals surface area contributed by atoms with Crippen molar-refractivity contribution in [2.45, 2.75) is 25.0 Å². The Morgan fingerprint density at radius 3 is 2.65 bits per heavy atom. The lowest BCUT2D eigenvalue weighted by Gasteiger charge is -2.26. The third-order valence-corrected chi connectivity index (χ3v) is 4.46. The maximum Gasteiger partial charge on any atom is 0.358 e. The zero-order chi connectivity index (χ0) is 18.8. The second-order valence-corrected chi connectivity index (χ2v) is 6.42. The van der Waals surface area contributed by atoms with E-state index in [1.807, 2.05) is 12.1 Å². The van der Waals surface area contributed by atoms with Gasteiger partial charge in [0, 0.05) is 18.5 Å². The molecule has 2 amide bonds. The number of nitrogens with one attached hydrogen (secondary N) is 1. The van der Waals surface area contributed by atoms with Crippen molar-refractivity contribution in [1.29, 1.82) is 0 Å². The summed E-state index contributed by atoms with van der Waals surface area (Å²) in [6, 6.07) is 6.37. The van der Waals surface area contributed by atoms with Crippen LogP contribution in [0, 0.1) is 0 Å². The van der Waals surface area contributed by atoms with Gasteiger partial charge in [0.1, 0.15) is 6.54 Å². The molecule has 0 aliphatic carbocycles. The van der Waals surface area contributed by atoms with Crippen LogP contribution in [0.25, 0.3) is 0 Å². The number of halogens is 1. The van der Waals surface area contributed by atoms with E-state index < -0.39 is 12.0 Å². The number of aromatic carboxylic acids is 1. The zero-order valence-electron chi connectivity index (χ0n) is 13.8. The number of amides is 2. The highest BCUT2D eigenvalue weighted by molar-refractivity contribution is 6.30. The van der Waals surface area contributed by atoms with Gasteiger partial charge in [-0.3, -0.25) is 9.59 Å². The van der Waals surface area contributed by atoms with Crippen molar-refractivity contribution in [2.75, 3.05) is 7.05 Å². The molecule has 1 saturated heterocycles. The molecule has 0 spiro atoms. The predicted molar refractivity (Wildman–Crippen MR) is 90.5 cm³/mol. The van der Waals surface area contributed by atoms with Crippen molar-refractivity contribution < 1.29 is 19.5 Å². The van der Waals surface area contributed by atoms with Crippen LogP contribution in [0.1, 0.15) is 28.5 Å². The summed E-state index contributed by atoms with van der Waals surface area (Å²) in [5, 5.41) is 19.3. The average Bonchev–Trinajstić information content (AvgIpc) is 3.14. The van der Waals surface area contributed by atoms with Crippen molar-refractivity contribution in [3.8, 4) is 0 Å². The van der Waals surface area contributed by atoms with Crippen LogP contribution in [0.5, 0.6) is 0 Å². The van der Waals surface area contributed by atoms with Gasteiger partial charge >= 0.3 is 5.97 Å². The molecule has 1 fully saturated rings. The summed E-state index contributed by atoms with van der Waals surface area (Å²) in [6.07, 6.45) is 1.35. The first-order valence-electron chi connectivity index (χ1n) is 7.79. The minimum Gasteiger partial charge on any atom is -0.476 e. The van der Waals surface area contributed by atoms with Crippen molar-refractivity contribution in [2.24, 2.45) is 0 Å². The van der Waals surface area contributed by atoms with E-state index in [4.69, 9.17) is 16.7 Å². The molecular weight excluding hydrogens is 362 g/mol. The molecule has 1 aliphatic rings. The molecule has 0 radical (unpaired) electrons. The normalized spacial score (nSPS) is 19.6. The van der Waals surface area contributed by atoms with Crippen molar-refractivity contribution >= 4 is 29.4 Å². The maximum absolute atomic E-state index is 12.3. The minimum atomic E-state index is -1.22. The third kappa shape index (κ3) is 3.67. The molecule has 2 heterocycles. The summed E-state index contributed by atoms with van der Waals surface area (Å²) in [7, 11) is 1.68. The third-order valence-electron chi connectivity index (χ3n) is 4.21. The zero-order valence-corrected chi connectivity index (χ0v) is 14.6. The number of likely N-dealkylation sites (tertiary alicyclic amines) is 1. The molecule has 2 aromatic rings. The first-order valence-corrected chi connectivity index (χ1v) is 8.17. The van der Waals surface area contributed by atoms with Crippen molar-refractivity contribution in [3.63, 3.8) is 0 Å². The molecule has 1 aliphatic heterocycles. The van der Waals surface area contributed by atoms with Crippen LogP contribution in [-0.2, 0) is 16.1 Å². The highest BCUT2D eigenvalue weighted by Gasteiger charge is 2.39. The number of rotatable bonds is 5. The van der Waals surface area contributed by atoms with Crippen LogP contribution in [-0.4, -0.2) is 55.9 Å². The van der Waals surface area contributed by atoms with Crippen molar-refractivity contribution in [1.82, 2.24) is 25.2 Å². The first-order chi connectivity index (χ1) is 12.3. The van der Waals surface area contributed by atoms with Gasteiger partial charge in [0.2, 0.25) is 11.8 Å². The number of likely N-dealkylation sites (N-methyl/N-ethyl adjacent to an activating group) is 1. The molecule has 3 rings (SSSR count). The molecular formula is C16H16ClN5O4. The second kappa shape index (κ2) is 7.12. The Bertz CT molecular complexity index is 851. The summed E-state index contributed by atoms with van der Waals surface area (Å²) in [5.74, 6) is -1.69. The predicted octanol–water partition coefficient (Wildman–Crippen LogP) is 0.718. The van der Waals surface area contributed by atoms with E-state index in [0.717, 1.165) is 10.2 Å². The maximum atomic E-state index is 12.3. The number of carbonyl (C=O) groups excluding carboxylic acids is 2. The van der Waals surface area contributed by atoms with Gasteiger partial charge in [-0.2, -0.15) is 0 Å². The quantitative estimate of drug-likeness (QED) is 0.792. The van der Waals surface area contributed by atoms with Gasteiger partial charge in [0.25, 0.3) is 0 Å². The molecule has 2 unspecified atom stereocenters. The average molecular weight is 378 g/mol. The molecule has 1 aromatic carbocycles. The summed E-state index contributed by atoms with van der Waals surface area (Å²) in [5.41, 5.74) is 0.620. The molecule has 9 nitrogen and oxygen atoms in total. The van der Waals surface area contributed by atoms with E-state index in [2.05, 4.69) is 15.6 Å². The Morgan fingerprint density at radius 1 is 1.35 bits per heavy atom. The Hall–Kier alpha value is -2.94. The smallest absolute Gasteiger partial charge is 0.358 e. The van der Waals surface area contributed by atoms with E-state index in [1.165, 1.54) is 6.20 Å². The highest BCUT2D eigenvalue weighted by Crippen LogP contribution is 2.32. The number of hydrogen-bond donors (Lipinski definition) is 2. The molecule has 1 aromatic heterocycles. The van der Waals surface area contributed by atoms with E-state index in [9.17, 15) is 14.4 Å². The topological polar surface area (TPSA) is 117 Å². The summed E-state index contributed by atoms with van der Waals surface area (Å²) in [4.78, 5) is 36.8. The van der Waals surface area contributed by atoms with E-state index in [0.29, 0.717) is 5.02 Å². The summed E-state index contributed by atoms with van der Waals surface area (Å²) >= 11 is 5.91. The van der Waals surface area contributed by atoms with Gasteiger partial charge in [-0.15, -0.1) is 5.10 Å². The van der Waals surface area contributed by atoms with Crippen molar-refractivity contribution in [3.05, 3.63) is 46.7 Å². The lowest BCUT2D eigenvalue weighted by Crippen LogP contribution is -2.40. The molecule has 0 saturated carbocycles. The highest BCUT2D eigenvalue weighted by atomic mass is 35.5. The summed E-state index contributed by atoms with van der Waals surface area (Å²) in [6.45, 7) is -0.192. The number of carbonyl (C=O) groups is 3. The van der Waals surface area contributed by atoms with Crippen LogP contribution >= 0.6 is 11.6 Å². The molecule has 136 valence electrons. The molecule has 2 atom stereocenters. The lowest BCUT2D eigenvalue weighted by atomic mass is 10.00. The van der Waals surface area contributed by atoms with Crippen LogP contribution in [0.15, 0.2) is 30.5 Å². The van der Waals surface area contributed by atoms with Gasteiger partial charge < -0.3 is 15.3 Å². The largest absolute Gasteiger partial charge is 0.476 e. The van der Waals surface area contributed by atoms with E-state index in [1.54, 1.807) is 24.1 Å². The fourth-order valence-corrected chi connectivity index (χ4v) is 3.11. The Balaban J connectivity index is 1.71. The standard InChI is InChI=1S/C16H16ClN5O4/c1-21-14(24)6-11(15(21)9-2-4-10(17)5-3-9)18-13(23)8-22-7-12(16(25)26)19-20-22/h2-5,7,11,15H,6,8H2,1H3,(H,18,23)(H,25,26). The number of benzene rings is 1. The van der Waals surface area contributed by atoms with Gasteiger partial charge in [-0.1, -0.05) is 28.9 Å². The Kier molecular flexibility index (Phi) is 4.90. The van der Waals surface area contributed by atoms with Gasteiger partial charge in [-0.05, 0) is 17.7 Å². The second-order valence-electron chi connectivity index (χ2n) is 5.99. The summed E-state index contributed by atoms with van der Waals surface area (Å²) < 4.78 is 1.14. The van der Waals surface area contributed by atoms with Gasteiger partial charge in [0.05, 0.1) is 18.3 Å². The molecule has 0 bridgehead atoms. The number of aromatic nitrogens is 3. The Morgan fingerprint density at radius 2 is 2.04 bits per heavy atom. The van der Waals surface area contributed by atoms with Gasteiger partial charge in [0.15, 0.2) is 5.69 Å². The Labute approximate surface area is 153 Å². The molecule has 2 N–H and O–H groups in total. The van der Waals surface area contributed by atoms with E-state index >= 15 is 0 Å². The fourth-order valence-electron chi connectivity index (χ4n) is 2.99. The number of carboxylic acids is 1. The molecule has 26 heavy (non-hydrogen) atoms. The fraction of sp³-hybridized carbons (Fsp3) is 0.312. The lowest BCUT2D eigenvalue weighted by molar-refractivity contribution is -0.127. The number of hydrogen-bond acceptors (Lipinski definition) is 5.